The summed E-state index contributed by atoms with van der Waals surface area (Å²) < 4.78 is 0. The second-order valence-corrected chi connectivity index (χ2v) is 5.26. The fourth-order valence-electron chi connectivity index (χ4n) is 0.984. The Kier molecular flexibility index (Phi) is 3.94. The van der Waals surface area contributed by atoms with E-state index in [1.54, 1.807) is 11.3 Å². The molecule has 0 aromatic carbocycles. The minimum absolute atomic E-state index is 0.305. The van der Waals surface area contributed by atoms with E-state index in [1.165, 1.54) is 4.88 Å². The van der Waals surface area contributed by atoms with Crippen LogP contribution in [0.15, 0.2) is 11.4 Å². The van der Waals surface area contributed by atoms with Crippen molar-refractivity contribution in [3.63, 3.8) is 0 Å². The van der Waals surface area contributed by atoms with Gasteiger partial charge in [-0.3, -0.25) is 0 Å². The van der Waals surface area contributed by atoms with Crippen LogP contribution in [0.4, 0.5) is 0 Å². The second-order valence-electron chi connectivity index (χ2n) is 3.83. The van der Waals surface area contributed by atoms with Crippen LogP contribution in [0.3, 0.4) is 0 Å². The summed E-state index contributed by atoms with van der Waals surface area (Å²) >= 11 is 7.42. The van der Waals surface area contributed by atoms with Gasteiger partial charge in [-0.2, -0.15) is 5.26 Å². The molecule has 0 spiro atoms. The molecule has 0 atom stereocenters. The lowest BCUT2D eigenvalue weighted by Crippen LogP contribution is -2.27. The van der Waals surface area contributed by atoms with Crippen LogP contribution in [-0.2, 0) is 6.54 Å². The molecular weight excluding hydrogens is 216 g/mol. The van der Waals surface area contributed by atoms with Crippen LogP contribution in [0.25, 0.3) is 0 Å². The van der Waals surface area contributed by atoms with Gasteiger partial charge in [-0.1, -0.05) is 11.6 Å². The van der Waals surface area contributed by atoms with Gasteiger partial charge in [0.15, 0.2) is 0 Å². The quantitative estimate of drug-likeness (QED) is 0.860. The summed E-state index contributed by atoms with van der Waals surface area (Å²) in [6, 6.07) is 4.19. The molecule has 1 aromatic rings. The van der Waals surface area contributed by atoms with Crippen LogP contribution in [0.2, 0.25) is 5.02 Å². The molecule has 0 unspecified atom stereocenters. The second kappa shape index (κ2) is 4.79. The van der Waals surface area contributed by atoms with Gasteiger partial charge in [0.2, 0.25) is 0 Å². The molecule has 0 bridgehead atoms. The summed E-state index contributed by atoms with van der Waals surface area (Å²) in [5.41, 5.74) is -0.305. The molecule has 1 heterocycles. The van der Waals surface area contributed by atoms with Gasteiger partial charge < -0.3 is 5.32 Å². The zero-order chi connectivity index (χ0) is 10.6. The Labute approximate surface area is 93.5 Å². The average Bonchev–Trinajstić information content (AvgIpc) is 2.51. The number of thiophene rings is 1. The van der Waals surface area contributed by atoms with E-state index in [2.05, 4.69) is 11.4 Å². The summed E-state index contributed by atoms with van der Waals surface area (Å²) in [4.78, 5) is 1.20. The van der Waals surface area contributed by atoms with Crippen molar-refractivity contribution in [2.45, 2.75) is 20.4 Å². The monoisotopic (exact) mass is 228 g/mol. The molecule has 2 nitrogen and oxygen atoms in total. The normalized spacial score (nSPS) is 11.3. The molecule has 0 aliphatic heterocycles. The Bertz CT molecular complexity index is 338. The first-order chi connectivity index (χ1) is 6.53. The number of hydrogen-bond donors (Lipinski definition) is 1. The maximum atomic E-state index is 8.79. The fraction of sp³-hybridized carbons (Fsp3) is 0.500. The van der Waals surface area contributed by atoms with Gasteiger partial charge in [0.25, 0.3) is 0 Å². The van der Waals surface area contributed by atoms with Crippen molar-refractivity contribution in [3.8, 4) is 6.07 Å². The Morgan fingerprint density at radius 2 is 2.36 bits per heavy atom. The third-order valence-electron chi connectivity index (χ3n) is 1.79. The molecule has 4 heteroatoms. The molecule has 0 saturated carbocycles. The molecule has 1 rings (SSSR count). The number of halogens is 1. The number of nitrogens with one attached hydrogen (secondary N) is 1. The molecule has 1 aromatic heterocycles. The van der Waals surface area contributed by atoms with E-state index in [9.17, 15) is 0 Å². The summed E-state index contributed by atoms with van der Waals surface area (Å²) in [6.07, 6.45) is 0. The third-order valence-corrected chi connectivity index (χ3v) is 3.07. The number of hydrogen-bond acceptors (Lipinski definition) is 3. The maximum Gasteiger partial charge on any atom is 0.0697 e. The smallest absolute Gasteiger partial charge is 0.0697 e. The van der Waals surface area contributed by atoms with E-state index in [1.807, 2.05) is 25.3 Å². The van der Waals surface area contributed by atoms with Crippen molar-refractivity contribution >= 4 is 22.9 Å². The van der Waals surface area contributed by atoms with E-state index in [4.69, 9.17) is 16.9 Å². The highest BCUT2D eigenvalue weighted by atomic mass is 35.5. The molecule has 76 valence electrons. The molecule has 0 fully saturated rings. The van der Waals surface area contributed by atoms with Crippen molar-refractivity contribution in [1.82, 2.24) is 5.32 Å². The molecule has 1 N–H and O–H groups in total. The number of nitrogens with zero attached hydrogens (tertiary/aromatic N) is 1. The van der Waals surface area contributed by atoms with Crippen molar-refractivity contribution < 1.29 is 0 Å². The minimum Gasteiger partial charge on any atom is -0.310 e. The predicted octanol–water partition coefficient (Wildman–Crippen LogP) is 3.04. The van der Waals surface area contributed by atoms with Crippen LogP contribution in [-0.4, -0.2) is 6.54 Å². The van der Waals surface area contributed by atoms with Gasteiger partial charge in [0.05, 0.1) is 16.5 Å². The Morgan fingerprint density at radius 1 is 1.64 bits per heavy atom. The SMILES string of the molecule is CC(C)(C#N)CNCc1cc(Cl)cs1. The van der Waals surface area contributed by atoms with Crippen molar-refractivity contribution in [2.24, 2.45) is 5.41 Å². The molecule has 0 aliphatic rings. The molecule has 0 aliphatic carbocycles. The predicted molar refractivity (Wildman–Crippen MR) is 60.4 cm³/mol. The zero-order valence-corrected chi connectivity index (χ0v) is 9.87. The lowest BCUT2D eigenvalue weighted by molar-refractivity contribution is 0.446. The third kappa shape index (κ3) is 3.67. The average molecular weight is 229 g/mol. The Balaban J connectivity index is 2.33. The molecular formula is C10H13ClN2S. The summed E-state index contributed by atoms with van der Waals surface area (Å²) in [7, 11) is 0. The summed E-state index contributed by atoms with van der Waals surface area (Å²) in [5.74, 6) is 0. The standard InChI is InChI=1S/C10H13ClN2S/c1-10(2,6-12)7-13-4-9-3-8(11)5-14-9/h3,5,13H,4,7H2,1-2H3. The first-order valence-electron chi connectivity index (χ1n) is 4.38. The van der Waals surface area contributed by atoms with Gasteiger partial charge in [0.1, 0.15) is 0 Å². The number of rotatable bonds is 4. The van der Waals surface area contributed by atoms with Crippen LogP contribution in [0, 0.1) is 16.7 Å². The van der Waals surface area contributed by atoms with Gasteiger partial charge >= 0.3 is 0 Å². The van der Waals surface area contributed by atoms with E-state index in [0.29, 0.717) is 6.54 Å². The first-order valence-corrected chi connectivity index (χ1v) is 5.64. The van der Waals surface area contributed by atoms with Crippen molar-refractivity contribution in [3.05, 3.63) is 21.3 Å². The highest BCUT2D eigenvalue weighted by Gasteiger charge is 2.15. The largest absolute Gasteiger partial charge is 0.310 e. The first kappa shape index (κ1) is 11.5. The topological polar surface area (TPSA) is 35.8 Å². The lowest BCUT2D eigenvalue weighted by atomic mass is 9.96. The molecule has 0 saturated heterocycles. The van der Waals surface area contributed by atoms with E-state index < -0.39 is 0 Å². The van der Waals surface area contributed by atoms with E-state index in [-0.39, 0.29) is 5.41 Å². The Hall–Kier alpha value is -0.560. The highest BCUT2D eigenvalue weighted by Crippen LogP contribution is 2.19. The molecule has 0 amide bonds. The van der Waals surface area contributed by atoms with Crippen molar-refractivity contribution in [2.75, 3.05) is 6.54 Å². The molecule has 14 heavy (non-hydrogen) atoms. The van der Waals surface area contributed by atoms with Gasteiger partial charge in [-0.05, 0) is 19.9 Å². The number of nitriles is 1. The maximum absolute atomic E-state index is 8.79. The van der Waals surface area contributed by atoms with Crippen molar-refractivity contribution in [1.29, 1.82) is 5.26 Å². The lowest BCUT2D eigenvalue weighted by Gasteiger charge is -2.15. The van der Waals surface area contributed by atoms with E-state index in [0.717, 1.165) is 11.6 Å². The van der Waals surface area contributed by atoms with Crippen LogP contribution >= 0.6 is 22.9 Å². The summed E-state index contributed by atoms with van der Waals surface area (Å²) in [5, 5.41) is 14.7. The van der Waals surface area contributed by atoms with Gasteiger partial charge in [0, 0.05) is 23.3 Å². The minimum atomic E-state index is -0.305. The Morgan fingerprint density at radius 3 is 2.86 bits per heavy atom. The van der Waals surface area contributed by atoms with Crippen LogP contribution in [0.1, 0.15) is 18.7 Å². The van der Waals surface area contributed by atoms with E-state index >= 15 is 0 Å². The van der Waals surface area contributed by atoms with Gasteiger partial charge in [-0.15, -0.1) is 11.3 Å². The summed E-state index contributed by atoms with van der Waals surface area (Å²) in [6.45, 7) is 5.31. The van der Waals surface area contributed by atoms with Crippen LogP contribution in [0.5, 0.6) is 0 Å². The van der Waals surface area contributed by atoms with Gasteiger partial charge in [-0.25, -0.2) is 0 Å². The highest BCUT2D eigenvalue weighted by molar-refractivity contribution is 7.10. The zero-order valence-electron chi connectivity index (χ0n) is 8.30. The van der Waals surface area contributed by atoms with Crippen LogP contribution < -0.4 is 5.32 Å². The molecule has 0 radical (unpaired) electrons. The fourth-order valence-corrected chi connectivity index (χ4v) is 2.03.